The van der Waals surface area contributed by atoms with Crippen molar-refractivity contribution in [2.45, 2.75) is 51.4 Å². The Balaban J connectivity index is 1.70. The molecule has 1 amide bonds. The van der Waals surface area contributed by atoms with Gasteiger partial charge in [-0.15, -0.1) is 0 Å². The van der Waals surface area contributed by atoms with E-state index >= 15 is 0 Å². The number of nitrogens with one attached hydrogen (secondary N) is 2. The highest BCUT2D eigenvalue weighted by Crippen LogP contribution is 2.36. The van der Waals surface area contributed by atoms with Gasteiger partial charge in [0.15, 0.2) is 0 Å². The van der Waals surface area contributed by atoms with Gasteiger partial charge in [-0.2, -0.15) is 26.3 Å². The lowest BCUT2D eigenvalue weighted by Gasteiger charge is -2.26. The number of hydrogen-bond donors (Lipinski definition) is 2. The summed E-state index contributed by atoms with van der Waals surface area (Å²) in [6.07, 6.45) is -2.29. The van der Waals surface area contributed by atoms with Crippen LogP contribution in [0.5, 0.6) is 17.4 Å². The van der Waals surface area contributed by atoms with Gasteiger partial charge in [0.2, 0.25) is 5.88 Å². The van der Waals surface area contributed by atoms with E-state index in [1.54, 1.807) is 6.07 Å². The van der Waals surface area contributed by atoms with Crippen LogP contribution in [0, 0.1) is 5.92 Å². The van der Waals surface area contributed by atoms with Crippen LogP contribution in [0.2, 0.25) is 5.02 Å². The Morgan fingerprint density at radius 2 is 1.87 bits per heavy atom. The lowest BCUT2D eigenvalue weighted by atomic mass is 9.88. The maximum Gasteiger partial charge on any atom is 0.423 e. The van der Waals surface area contributed by atoms with Crippen molar-refractivity contribution in [1.29, 1.82) is 0 Å². The molecule has 1 heterocycles. The first-order valence-corrected chi connectivity index (χ1v) is 13.8. The minimum Gasteiger partial charge on any atom is -0.491 e. The third kappa shape index (κ3) is 9.71. The van der Waals surface area contributed by atoms with Crippen LogP contribution in [-0.4, -0.2) is 45.9 Å². The number of carbonyl (C=O) groups excluding carboxylic acids is 1. The van der Waals surface area contributed by atoms with Crippen molar-refractivity contribution < 1.29 is 44.8 Å². The largest absolute Gasteiger partial charge is 0.491 e. The lowest BCUT2D eigenvalue weighted by Crippen LogP contribution is -2.40. The second-order valence-electron chi connectivity index (χ2n) is 8.97. The highest BCUT2D eigenvalue weighted by Gasteiger charge is 2.32. The van der Waals surface area contributed by atoms with Gasteiger partial charge in [-0.05, 0) is 49.8 Å². The number of hydrogen-bond acceptors (Lipinski definition) is 8. The van der Waals surface area contributed by atoms with Crippen molar-refractivity contribution in [2.75, 3.05) is 20.3 Å². The Kier molecular flexibility index (Phi) is 10.6. The molecule has 39 heavy (non-hydrogen) atoms. The van der Waals surface area contributed by atoms with Gasteiger partial charge in [0, 0.05) is 37.5 Å². The molecular formula is C24H29ClF3N3O7S. The van der Waals surface area contributed by atoms with Crippen molar-refractivity contribution in [3.63, 3.8) is 0 Å². The van der Waals surface area contributed by atoms with Gasteiger partial charge in [0.1, 0.15) is 23.1 Å². The zero-order chi connectivity index (χ0) is 28.6. The summed E-state index contributed by atoms with van der Waals surface area (Å²) in [6.45, 7) is 2.32. The Morgan fingerprint density at radius 3 is 2.51 bits per heavy atom. The summed E-state index contributed by atoms with van der Waals surface area (Å²) in [5, 5.41) is 1.92. The lowest BCUT2D eigenvalue weighted by molar-refractivity contribution is -0.137. The van der Waals surface area contributed by atoms with Crippen LogP contribution < -0.4 is 19.5 Å². The molecule has 2 aromatic rings. The monoisotopic (exact) mass is 595 g/mol. The van der Waals surface area contributed by atoms with E-state index in [0.717, 1.165) is 12.8 Å². The predicted octanol–water partition coefficient (Wildman–Crippen LogP) is 5.21. The van der Waals surface area contributed by atoms with Crippen molar-refractivity contribution in [3.05, 3.63) is 46.6 Å². The molecule has 10 nitrogen and oxygen atoms in total. The Labute approximate surface area is 229 Å². The average Bonchev–Trinajstić information content (AvgIpc) is 2.85. The first-order chi connectivity index (χ1) is 18.4. The first-order valence-electron chi connectivity index (χ1n) is 12.0. The highest BCUT2D eigenvalue weighted by atomic mass is 35.5. The topological polar surface area (TPSA) is 125 Å². The number of ether oxygens (including phenoxy) is 3. The molecule has 15 heteroatoms. The zero-order valence-corrected chi connectivity index (χ0v) is 22.8. The Bertz CT molecular complexity index is 1240. The van der Waals surface area contributed by atoms with Gasteiger partial charge in [0.05, 0.1) is 12.2 Å². The molecule has 0 aliphatic heterocycles. The van der Waals surface area contributed by atoms with Crippen LogP contribution >= 0.6 is 11.6 Å². The van der Waals surface area contributed by atoms with Crippen molar-refractivity contribution in [1.82, 2.24) is 15.0 Å². The maximum absolute atomic E-state index is 13.0. The van der Waals surface area contributed by atoms with Crippen molar-refractivity contribution in [3.8, 4) is 17.4 Å². The van der Waals surface area contributed by atoms with E-state index in [9.17, 15) is 26.4 Å². The first kappa shape index (κ1) is 30.7. The molecule has 1 aromatic heterocycles. The van der Waals surface area contributed by atoms with Gasteiger partial charge < -0.3 is 23.7 Å². The number of amides is 1. The Hall–Kier alpha value is -2.81. The van der Waals surface area contributed by atoms with E-state index in [1.807, 2.05) is 0 Å². The molecule has 0 radical (unpaired) electrons. The molecule has 1 fully saturated rings. The molecule has 2 N–H and O–H groups in total. The number of halogens is 4. The molecule has 0 unspecified atom stereocenters. The van der Waals surface area contributed by atoms with Crippen molar-refractivity contribution in [2.24, 2.45) is 5.92 Å². The molecular weight excluding hydrogens is 567 g/mol. The number of nitrogens with zero attached hydrogens (tertiary/aromatic N) is 1. The smallest absolute Gasteiger partial charge is 0.423 e. The minimum atomic E-state index is -4.65. The number of rotatable bonds is 11. The summed E-state index contributed by atoms with van der Waals surface area (Å²) >= 11 is 5.97. The van der Waals surface area contributed by atoms with Crippen LogP contribution in [0.15, 0.2) is 30.5 Å². The third-order valence-corrected chi connectivity index (χ3v) is 7.14. The van der Waals surface area contributed by atoms with Gasteiger partial charge in [-0.3, -0.25) is 0 Å². The van der Waals surface area contributed by atoms with Gasteiger partial charge >= 0.3 is 22.6 Å². The number of carbonyl (C=O) groups is 1. The van der Waals surface area contributed by atoms with Crippen LogP contribution in [0.25, 0.3) is 0 Å². The molecule has 0 atom stereocenters. The molecule has 216 valence electrons. The third-order valence-electron chi connectivity index (χ3n) is 5.87. The molecule has 3 rings (SSSR count). The summed E-state index contributed by atoms with van der Waals surface area (Å²) < 4.78 is 86.5. The SMILES string of the molecule is COCCOc1ccc(CNC(=O)OS(=O)(=O)NC2CCC(C)CC2)c(Oc2ncc(C(F)(F)F)cc2Cl)c1. The summed E-state index contributed by atoms with van der Waals surface area (Å²) in [7, 11) is -2.85. The standard InChI is InChI=1S/C24H29ClF3N3O7S/c1-15-3-6-18(7-4-15)31-39(33,34)38-23(32)30-13-16-5-8-19(36-10-9-35-2)12-21(16)37-22-20(25)11-17(14-29-22)24(26,27)28/h5,8,11-12,14-15,18,31H,3-4,6-7,9-10,13H2,1-2H3,(H,30,32). The minimum absolute atomic E-state index is 0.0386. The van der Waals surface area contributed by atoms with E-state index in [2.05, 4.69) is 26.1 Å². The van der Waals surface area contributed by atoms with E-state index in [1.165, 1.54) is 19.2 Å². The van der Waals surface area contributed by atoms with Crippen LogP contribution in [0.1, 0.15) is 43.7 Å². The number of aromatic nitrogens is 1. The quantitative estimate of drug-likeness (QED) is 0.339. The van der Waals surface area contributed by atoms with Crippen molar-refractivity contribution >= 4 is 28.0 Å². The molecule has 0 bridgehead atoms. The van der Waals surface area contributed by atoms with E-state index in [0.29, 0.717) is 48.9 Å². The molecule has 1 saturated carbocycles. The van der Waals surface area contributed by atoms with Crippen LogP contribution in [0.4, 0.5) is 18.0 Å². The maximum atomic E-state index is 13.0. The zero-order valence-electron chi connectivity index (χ0n) is 21.2. The second-order valence-corrected chi connectivity index (χ2v) is 10.7. The van der Waals surface area contributed by atoms with E-state index < -0.39 is 33.2 Å². The molecule has 0 spiro atoms. The summed E-state index contributed by atoms with van der Waals surface area (Å²) in [6, 6.07) is 4.82. The summed E-state index contributed by atoms with van der Waals surface area (Å²) in [5.74, 6) is 0.550. The number of methoxy groups -OCH3 is 1. The normalized spacial score (nSPS) is 17.9. The highest BCUT2D eigenvalue weighted by molar-refractivity contribution is 7.85. The van der Waals surface area contributed by atoms with Gasteiger partial charge in [0.25, 0.3) is 0 Å². The fourth-order valence-electron chi connectivity index (χ4n) is 3.77. The summed E-state index contributed by atoms with van der Waals surface area (Å²) in [5.41, 5.74) is -0.755. The fraction of sp³-hybridized carbons (Fsp3) is 0.500. The molecule has 1 aromatic carbocycles. The van der Waals surface area contributed by atoms with Crippen LogP contribution in [-0.2, 0) is 31.9 Å². The van der Waals surface area contributed by atoms with E-state index in [-0.39, 0.29) is 30.8 Å². The molecule has 1 aliphatic rings. The predicted molar refractivity (Wildman–Crippen MR) is 135 cm³/mol. The van der Waals surface area contributed by atoms with Gasteiger partial charge in [-0.1, -0.05) is 18.5 Å². The fourth-order valence-corrected chi connectivity index (χ4v) is 4.93. The molecule has 0 saturated heterocycles. The molecule has 1 aliphatic carbocycles. The number of alkyl halides is 3. The van der Waals surface area contributed by atoms with Gasteiger partial charge in [-0.25, -0.2) is 9.78 Å². The number of pyridine rings is 1. The Morgan fingerprint density at radius 1 is 1.15 bits per heavy atom. The number of benzene rings is 1. The van der Waals surface area contributed by atoms with Crippen LogP contribution in [0.3, 0.4) is 0 Å². The van der Waals surface area contributed by atoms with E-state index in [4.69, 9.17) is 25.8 Å². The average molecular weight is 596 g/mol. The second kappa shape index (κ2) is 13.5. The summed E-state index contributed by atoms with van der Waals surface area (Å²) in [4.78, 5) is 15.9.